The van der Waals surface area contributed by atoms with E-state index in [1.807, 2.05) is 5.38 Å². The van der Waals surface area contributed by atoms with Gasteiger partial charge in [0, 0.05) is 19.6 Å². The number of hydrogen-bond acceptors (Lipinski definition) is 5. The van der Waals surface area contributed by atoms with Crippen LogP contribution in [0.25, 0.3) is 10.2 Å². The minimum atomic E-state index is 0.0798. The van der Waals surface area contributed by atoms with Crippen LogP contribution in [0, 0.1) is 11.8 Å². The molecule has 2 aliphatic rings. The first-order valence-corrected chi connectivity index (χ1v) is 8.90. The second-order valence-corrected chi connectivity index (χ2v) is 7.20. The number of piperidine rings is 1. The lowest BCUT2D eigenvalue weighted by Crippen LogP contribution is -2.43. The van der Waals surface area contributed by atoms with Crippen molar-refractivity contribution in [2.75, 3.05) is 24.5 Å². The van der Waals surface area contributed by atoms with Crippen molar-refractivity contribution < 1.29 is 4.79 Å². The van der Waals surface area contributed by atoms with Crippen LogP contribution in [0.15, 0.2) is 17.8 Å². The first-order valence-electron chi connectivity index (χ1n) is 8.02. The van der Waals surface area contributed by atoms with Gasteiger partial charge >= 0.3 is 0 Å². The minimum absolute atomic E-state index is 0.0798. The molecule has 0 unspecified atom stereocenters. The van der Waals surface area contributed by atoms with Crippen molar-refractivity contribution in [3.63, 3.8) is 0 Å². The van der Waals surface area contributed by atoms with Crippen molar-refractivity contribution in [3.8, 4) is 0 Å². The minimum Gasteiger partial charge on any atom is -0.356 e. The van der Waals surface area contributed by atoms with Gasteiger partial charge in [-0.2, -0.15) is 0 Å². The molecular weight excluding hydrogens is 296 g/mol. The molecule has 1 N–H and O–H groups in total. The zero-order chi connectivity index (χ0) is 14.9. The normalized spacial score (nSPS) is 22.0. The largest absolute Gasteiger partial charge is 0.356 e. The summed E-state index contributed by atoms with van der Waals surface area (Å²) in [7, 11) is 0. The van der Waals surface area contributed by atoms with Gasteiger partial charge in [-0.3, -0.25) is 4.79 Å². The Hall–Kier alpha value is -1.69. The zero-order valence-corrected chi connectivity index (χ0v) is 13.3. The van der Waals surface area contributed by atoms with Crippen molar-refractivity contribution in [2.45, 2.75) is 25.7 Å². The van der Waals surface area contributed by atoms with Crippen LogP contribution in [0.5, 0.6) is 0 Å². The van der Waals surface area contributed by atoms with Gasteiger partial charge in [-0.15, -0.1) is 11.3 Å². The third-order valence-corrected chi connectivity index (χ3v) is 5.42. The van der Waals surface area contributed by atoms with E-state index in [0.29, 0.717) is 0 Å². The molecule has 3 heterocycles. The fourth-order valence-electron chi connectivity index (χ4n) is 3.12. The highest BCUT2D eigenvalue weighted by atomic mass is 32.1. The molecule has 2 aromatic heterocycles. The quantitative estimate of drug-likeness (QED) is 0.941. The number of carbonyl (C=O) groups excluding carboxylic acids is 1. The molecule has 1 amide bonds. The summed E-state index contributed by atoms with van der Waals surface area (Å²) in [5, 5.41) is 6.27. The maximum atomic E-state index is 12.4. The second-order valence-electron chi connectivity index (χ2n) is 6.31. The van der Waals surface area contributed by atoms with Crippen LogP contribution in [-0.4, -0.2) is 35.5 Å². The molecule has 5 nitrogen and oxygen atoms in total. The molecule has 1 aliphatic heterocycles. The van der Waals surface area contributed by atoms with Crippen LogP contribution >= 0.6 is 11.3 Å². The van der Waals surface area contributed by atoms with Crippen molar-refractivity contribution in [3.05, 3.63) is 17.8 Å². The number of fused-ring (bicyclic) bond motifs is 1. The molecule has 0 bridgehead atoms. The van der Waals surface area contributed by atoms with E-state index >= 15 is 0 Å². The highest BCUT2D eigenvalue weighted by Gasteiger charge is 2.29. The van der Waals surface area contributed by atoms with E-state index in [0.717, 1.165) is 54.4 Å². The molecule has 22 heavy (non-hydrogen) atoms. The highest BCUT2D eigenvalue weighted by molar-refractivity contribution is 7.16. The molecule has 0 aromatic carbocycles. The average Bonchev–Trinajstić information content (AvgIpc) is 3.27. The summed E-state index contributed by atoms with van der Waals surface area (Å²) in [6.07, 6.45) is 6.19. The Morgan fingerprint density at radius 2 is 2.27 bits per heavy atom. The predicted molar refractivity (Wildman–Crippen MR) is 88.1 cm³/mol. The summed E-state index contributed by atoms with van der Waals surface area (Å²) in [5.74, 6) is 2.00. The van der Waals surface area contributed by atoms with E-state index in [1.54, 1.807) is 17.7 Å². The van der Waals surface area contributed by atoms with Gasteiger partial charge in [0.05, 0.1) is 11.3 Å². The van der Waals surface area contributed by atoms with E-state index in [1.165, 1.54) is 12.8 Å². The van der Waals surface area contributed by atoms with Gasteiger partial charge in [0.1, 0.15) is 17.0 Å². The summed E-state index contributed by atoms with van der Waals surface area (Å²) in [6.45, 7) is 2.59. The fourth-order valence-corrected chi connectivity index (χ4v) is 3.85. The Morgan fingerprint density at radius 3 is 3.14 bits per heavy atom. The third-order valence-electron chi connectivity index (χ3n) is 4.59. The highest BCUT2D eigenvalue weighted by Crippen LogP contribution is 2.30. The first kappa shape index (κ1) is 13.9. The number of nitrogens with one attached hydrogen (secondary N) is 1. The molecule has 1 aliphatic carbocycles. The summed E-state index contributed by atoms with van der Waals surface area (Å²) in [5.41, 5.74) is 0. The Balaban J connectivity index is 1.48. The lowest BCUT2D eigenvalue weighted by molar-refractivity contribution is -0.125. The van der Waals surface area contributed by atoms with Crippen molar-refractivity contribution in [1.82, 2.24) is 15.3 Å². The summed E-state index contributed by atoms with van der Waals surface area (Å²) >= 11 is 1.63. The molecule has 6 heteroatoms. The van der Waals surface area contributed by atoms with Gasteiger partial charge < -0.3 is 10.2 Å². The molecule has 0 radical (unpaired) electrons. The van der Waals surface area contributed by atoms with Crippen LogP contribution < -0.4 is 10.2 Å². The maximum Gasteiger partial charge on any atom is 0.224 e. The van der Waals surface area contributed by atoms with Crippen LogP contribution in [0.1, 0.15) is 25.7 Å². The van der Waals surface area contributed by atoms with E-state index in [9.17, 15) is 4.79 Å². The molecule has 2 fully saturated rings. The lowest BCUT2D eigenvalue weighted by Gasteiger charge is -2.33. The van der Waals surface area contributed by atoms with Crippen LogP contribution in [0.2, 0.25) is 0 Å². The Morgan fingerprint density at radius 1 is 1.36 bits per heavy atom. The Labute approximate surface area is 133 Å². The van der Waals surface area contributed by atoms with Gasteiger partial charge in [-0.05, 0) is 43.0 Å². The molecule has 1 saturated heterocycles. The summed E-state index contributed by atoms with van der Waals surface area (Å²) in [6, 6.07) is 2.08. The fraction of sp³-hybridized carbons (Fsp3) is 0.562. The number of amides is 1. The number of nitrogens with zero attached hydrogens (tertiary/aromatic N) is 3. The molecule has 1 saturated carbocycles. The topological polar surface area (TPSA) is 58.1 Å². The van der Waals surface area contributed by atoms with E-state index < -0.39 is 0 Å². The number of anilines is 1. The van der Waals surface area contributed by atoms with Gasteiger partial charge in [0.25, 0.3) is 0 Å². The first-order chi connectivity index (χ1) is 10.8. The van der Waals surface area contributed by atoms with Gasteiger partial charge in [-0.25, -0.2) is 9.97 Å². The van der Waals surface area contributed by atoms with Gasteiger partial charge in [0.2, 0.25) is 5.91 Å². The number of rotatable bonds is 4. The predicted octanol–water partition coefficient (Wildman–Crippen LogP) is 2.43. The number of hydrogen-bond donors (Lipinski definition) is 1. The number of thiophene rings is 1. The summed E-state index contributed by atoms with van der Waals surface area (Å²) < 4.78 is 0. The molecule has 0 spiro atoms. The summed E-state index contributed by atoms with van der Waals surface area (Å²) in [4.78, 5) is 24.4. The number of carbonyl (C=O) groups is 1. The van der Waals surface area contributed by atoms with Crippen LogP contribution in [-0.2, 0) is 4.79 Å². The standard InChI is InChI=1S/C16H20N4OS/c21-15(17-8-11-3-4-11)12-2-1-6-20(9-12)14-13-5-7-22-16(13)19-10-18-14/h5,7,10-12H,1-4,6,8-9H2,(H,17,21)/t12-/m0/s1. The average molecular weight is 316 g/mol. The van der Waals surface area contributed by atoms with Gasteiger partial charge in [0.15, 0.2) is 0 Å². The molecule has 4 rings (SSSR count). The molecular formula is C16H20N4OS. The van der Waals surface area contributed by atoms with E-state index in [2.05, 4.69) is 26.3 Å². The van der Waals surface area contributed by atoms with E-state index in [-0.39, 0.29) is 11.8 Å². The number of aromatic nitrogens is 2. The maximum absolute atomic E-state index is 12.4. The molecule has 116 valence electrons. The smallest absolute Gasteiger partial charge is 0.224 e. The van der Waals surface area contributed by atoms with Crippen LogP contribution in [0.4, 0.5) is 5.82 Å². The van der Waals surface area contributed by atoms with Crippen molar-refractivity contribution in [2.24, 2.45) is 11.8 Å². The Kier molecular flexibility index (Phi) is 3.70. The SMILES string of the molecule is O=C(NCC1CC1)[C@H]1CCCN(c2ncnc3sccc23)C1. The molecule has 1 atom stereocenters. The van der Waals surface area contributed by atoms with E-state index in [4.69, 9.17) is 0 Å². The Bertz CT molecular complexity index is 682. The second kappa shape index (κ2) is 5.83. The van der Waals surface area contributed by atoms with Crippen LogP contribution in [0.3, 0.4) is 0 Å². The molecule has 2 aromatic rings. The van der Waals surface area contributed by atoms with Crippen molar-refractivity contribution >= 4 is 33.3 Å². The zero-order valence-electron chi connectivity index (χ0n) is 12.5. The third kappa shape index (κ3) is 2.79. The monoisotopic (exact) mass is 316 g/mol. The van der Waals surface area contributed by atoms with Gasteiger partial charge in [-0.1, -0.05) is 0 Å². The van der Waals surface area contributed by atoms with Crippen molar-refractivity contribution in [1.29, 1.82) is 0 Å². The lowest BCUT2D eigenvalue weighted by atomic mass is 9.97.